The summed E-state index contributed by atoms with van der Waals surface area (Å²) in [4.78, 5) is 2.15. The maximum atomic E-state index is 9.45. The van der Waals surface area contributed by atoms with Crippen molar-refractivity contribution in [1.29, 1.82) is 0 Å². The predicted octanol–water partition coefficient (Wildman–Crippen LogP) is -0.319. The number of nitrogens with zero attached hydrogens (tertiary/aromatic N) is 1. The second-order valence-electron chi connectivity index (χ2n) is 3.95. The molecule has 0 spiro atoms. The lowest BCUT2D eigenvalue weighted by Gasteiger charge is -2.40. The molecule has 11 heavy (non-hydrogen) atoms. The third-order valence-electron chi connectivity index (χ3n) is 2.04. The SMILES string of the molecule is CC1CN(CC(C)(O)CO)C1. The molecule has 1 saturated heterocycles. The number of hydrogen-bond donors (Lipinski definition) is 2. The first-order chi connectivity index (χ1) is 5.03. The number of aliphatic hydroxyl groups is 2. The van der Waals surface area contributed by atoms with E-state index in [4.69, 9.17) is 5.11 Å². The van der Waals surface area contributed by atoms with E-state index in [9.17, 15) is 5.11 Å². The molecule has 0 amide bonds. The van der Waals surface area contributed by atoms with Gasteiger partial charge in [0.05, 0.1) is 12.2 Å². The molecule has 66 valence electrons. The summed E-state index contributed by atoms with van der Waals surface area (Å²) in [7, 11) is 0. The van der Waals surface area contributed by atoms with Crippen LogP contribution in [-0.2, 0) is 0 Å². The Morgan fingerprint density at radius 2 is 2.09 bits per heavy atom. The molecule has 0 saturated carbocycles. The molecule has 3 heteroatoms. The Labute approximate surface area is 67.6 Å². The Morgan fingerprint density at radius 1 is 1.55 bits per heavy atom. The van der Waals surface area contributed by atoms with Gasteiger partial charge in [-0.05, 0) is 12.8 Å². The Kier molecular flexibility index (Phi) is 2.52. The van der Waals surface area contributed by atoms with Gasteiger partial charge in [0, 0.05) is 19.6 Å². The van der Waals surface area contributed by atoms with Crippen molar-refractivity contribution in [1.82, 2.24) is 4.90 Å². The smallest absolute Gasteiger partial charge is 0.0975 e. The second-order valence-corrected chi connectivity index (χ2v) is 3.95. The van der Waals surface area contributed by atoms with Crippen molar-refractivity contribution in [2.24, 2.45) is 5.92 Å². The van der Waals surface area contributed by atoms with Crippen molar-refractivity contribution in [3.8, 4) is 0 Å². The molecule has 1 fully saturated rings. The van der Waals surface area contributed by atoms with Gasteiger partial charge in [0.15, 0.2) is 0 Å². The lowest BCUT2D eigenvalue weighted by molar-refractivity contribution is -0.0485. The molecular weight excluding hydrogens is 142 g/mol. The standard InChI is InChI=1S/C8H17NO2/c1-7-3-9(4-7)5-8(2,11)6-10/h7,10-11H,3-6H2,1-2H3. The molecule has 1 rings (SSSR count). The molecule has 0 bridgehead atoms. The average Bonchev–Trinajstić information content (AvgIpc) is 1.84. The first kappa shape index (κ1) is 8.97. The zero-order valence-corrected chi connectivity index (χ0v) is 7.25. The maximum absolute atomic E-state index is 9.45. The van der Waals surface area contributed by atoms with Crippen LogP contribution in [0.25, 0.3) is 0 Å². The number of aliphatic hydroxyl groups excluding tert-OH is 1. The number of likely N-dealkylation sites (tertiary alicyclic amines) is 1. The summed E-state index contributed by atoms with van der Waals surface area (Å²) in [6.07, 6.45) is 0. The van der Waals surface area contributed by atoms with Crippen molar-refractivity contribution >= 4 is 0 Å². The average molecular weight is 159 g/mol. The van der Waals surface area contributed by atoms with E-state index < -0.39 is 5.60 Å². The Morgan fingerprint density at radius 3 is 2.45 bits per heavy atom. The monoisotopic (exact) mass is 159 g/mol. The van der Waals surface area contributed by atoms with Gasteiger partial charge in [-0.1, -0.05) is 6.92 Å². The Balaban J connectivity index is 2.21. The minimum atomic E-state index is -0.917. The fraction of sp³-hybridized carbons (Fsp3) is 1.00. The van der Waals surface area contributed by atoms with Gasteiger partial charge in [-0.2, -0.15) is 0 Å². The number of hydrogen-bond acceptors (Lipinski definition) is 3. The third-order valence-corrected chi connectivity index (χ3v) is 2.04. The van der Waals surface area contributed by atoms with E-state index in [0.29, 0.717) is 6.54 Å². The van der Waals surface area contributed by atoms with Gasteiger partial charge < -0.3 is 10.2 Å². The summed E-state index contributed by atoms with van der Waals surface area (Å²) in [5.74, 6) is 0.754. The second kappa shape index (κ2) is 3.09. The first-order valence-electron chi connectivity index (χ1n) is 4.09. The minimum absolute atomic E-state index is 0.155. The topological polar surface area (TPSA) is 43.7 Å². The highest BCUT2D eigenvalue weighted by Crippen LogP contribution is 2.17. The summed E-state index contributed by atoms with van der Waals surface area (Å²) < 4.78 is 0. The van der Waals surface area contributed by atoms with E-state index in [0.717, 1.165) is 19.0 Å². The maximum Gasteiger partial charge on any atom is 0.0975 e. The van der Waals surface area contributed by atoms with E-state index in [1.165, 1.54) is 0 Å². The van der Waals surface area contributed by atoms with Gasteiger partial charge >= 0.3 is 0 Å². The van der Waals surface area contributed by atoms with Crippen molar-refractivity contribution in [2.45, 2.75) is 19.4 Å². The van der Waals surface area contributed by atoms with E-state index in [-0.39, 0.29) is 6.61 Å². The molecule has 0 aromatic rings. The van der Waals surface area contributed by atoms with Crippen LogP contribution in [0.2, 0.25) is 0 Å². The van der Waals surface area contributed by atoms with E-state index in [1.54, 1.807) is 6.92 Å². The number of β-amino-alcohol motifs (C(OH)–C–C–N with tert-alkyl or cyclic N) is 1. The van der Waals surface area contributed by atoms with Gasteiger partial charge in [0.25, 0.3) is 0 Å². The third kappa shape index (κ3) is 2.43. The molecule has 0 radical (unpaired) electrons. The van der Waals surface area contributed by atoms with E-state index in [2.05, 4.69) is 11.8 Å². The fourth-order valence-electron chi connectivity index (χ4n) is 1.49. The van der Waals surface area contributed by atoms with Crippen LogP contribution in [0.15, 0.2) is 0 Å². The molecule has 0 aromatic carbocycles. The molecule has 1 heterocycles. The lowest BCUT2D eigenvalue weighted by Crippen LogP contribution is -2.53. The van der Waals surface area contributed by atoms with Gasteiger partial charge in [0.1, 0.15) is 0 Å². The van der Waals surface area contributed by atoms with Crippen molar-refractivity contribution in [3.05, 3.63) is 0 Å². The van der Waals surface area contributed by atoms with Crippen molar-refractivity contribution in [3.63, 3.8) is 0 Å². The quantitative estimate of drug-likeness (QED) is 0.593. The fourth-order valence-corrected chi connectivity index (χ4v) is 1.49. The lowest BCUT2D eigenvalue weighted by atomic mass is 9.99. The summed E-state index contributed by atoms with van der Waals surface area (Å²) in [6.45, 7) is 6.39. The zero-order valence-electron chi connectivity index (χ0n) is 7.25. The van der Waals surface area contributed by atoms with Crippen LogP contribution in [0.1, 0.15) is 13.8 Å². The normalized spacial score (nSPS) is 26.2. The van der Waals surface area contributed by atoms with Gasteiger partial charge in [0.2, 0.25) is 0 Å². The summed E-state index contributed by atoms with van der Waals surface area (Å²) >= 11 is 0. The largest absolute Gasteiger partial charge is 0.393 e. The number of rotatable bonds is 3. The van der Waals surface area contributed by atoms with Crippen LogP contribution in [0, 0.1) is 5.92 Å². The summed E-state index contributed by atoms with van der Waals surface area (Å²) in [5, 5.41) is 18.2. The molecule has 1 unspecified atom stereocenters. The molecule has 0 aromatic heterocycles. The molecule has 3 nitrogen and oxygen atoms in total. The van der Waals surface area contributed by atoms with Gasteiger partial charge in [-0.3, -0.25) is 4.90 Å². The molecule has 1 atom stereocenters. The highest BCUT2D eigenvalue weighted by atomic mass is 16.3. The highest BCUT2D eigenvalue weighted by molar-refractivity contribution is 4.83. The van der Waals surface area contributed by atoms with Gasteiger partial charge in [-0.15, -0.1) is 0 Å². The molecule has 1 aliphatic heterocycles. The molecule has 2 N–H and O–H groups in total. The zero-order chi connectivity index (χ0) is 8.48. The van der Waals surface area contributed by atoms with E-state index >= 15 is 0 Å². The summed E-state index contributed by atoms with van der Waals surface area (Å²) in [5.41, 5.74) is -0.917. The van der Waals surface area contributed by atoms with Crippen LogP contribution in [0.5, 0.6) is 0 Å². The first-order valence-corrected chi connectivity index (χ1v) is 4.09. The van der Waals surface area contributed by atoms with Crippen LogP contribution in [-0.4, -0.2) is 47.0 Å². The molecule has 1 aliphatic rings. The molecule has 0 aliphatic carbocycles. The van der Waals surface area contributed by atoms with Gasteiger partial charge in [-0.25, -0.2) is 0 Å². The van der Waals surface area contributed by atoms with E-state index in [1.807, 2.05) is 0 Å². The van der Waals surface area contributed by atoms with Crippen LogP contribution in [0.3, 0.4) is 0 Å². The van der Waals surface area contributed by atoms with Crippen LogP contribution >= 0.6 is 0 Å². The minimum Gasteiger partial charge on any atom is -0.393 e. The van der Waals surface area contributed by atoms with Crippen molar-refractivity contribution in [2.75, 3.05) is 26.2 Å². The van der Waals surface area contributed by atoms with Crippen molar-refractivity contribution < 1.29 is 10.2 Å². The Hall–Kier alpha value is -0.120. The predicted molar refractivity (Wildman–Crippen MR) is 43.3 cm³/mol. The highest BCUT2D eigenvalue weighted by Gasteiger charge is 2.29. The molecular formula is C8H17NO2. The Bertz CT molecular complexity index is 130. The van der Waals surface area contributed by atoms with Crippen LogP contribution in [0.4, 0.5) is 0 Å². The van der Waals surface area contributed by atoms with Crippen LogP contribution < -0.4 is 0 Å². The summed E-state index contributed by atoms with van der Waals surface area (Å²) in [6, 6.07) is 0.